The van der Waals surface area contributed by atoms with E-state index in [4.69, 9.17) is 10.8 Å². The number of aliphatic hydroxyl groups is 1. The van der Waals surface area contributed by atoms with Gasteiger partial charge in [0, 0.05) is 25.8 Å². The molecular weight excluding hydrogens is 254 g/mol. The van der Waals surface area contributed by atoms with Crippen LogP contribution in [0.4, 0.5) is 5.69 Å². The number of hydrogen-bond acceptors (Lipinski definition) is 3. The van der Waals surface area contributed by atoms with Crippen LogP contribution in [-0.2, 0) is 6.54 Å². The van der Waals surface area contributed by atoms with E-state index in [0.29, 0.717) is 31.0 Å². The molecule has 0 saturated heterocycles. The zero-order chi connectivity index (χ0) is 15.0. The fourth-order valence-electron chi connectivity index (χ4n) is 2.30. The summed E-state index contributed by atoms with van der Waals surface area (Å²) in [5.74, 6) is -0.0471. The molecule has 0 aromatic carbocycles. The van der Waals surface area contributed by atoms with Gasteiger partial charge in [0.2, 0.25) is 0 Å². The topological polar surface area (TPSA) is 71.5 Å². The largest absolute Gasteiger partial charge is 0.397 e. The number of aryl methyl sites for hydroxylation is 1. The molecule has 3 N–H and O–H groups in total. The third kappa shape index (κ3) is 4.56. The molecule has 0 spiro atoms. The second kappa shape index (κ2) is 8.64. The summed E-state index contributed by atoms with van der Waals surface area (Å²) in [7, 11) is 0. The van der Waals surface area contributed by atoms with E-state index >= 15 is 0 Å². The molecule has 1 amide bonds. The Morgan fingerprint density at radius 2 is 2.05 bits per heavy atom. The van der Waals surface area contributed by atoms with E-state index in [1.54, 1.807) is 17.2 Å². The van der Waals surface area contributed by atoms with Crippen molar-refractivity contribution in [2.45, 2.75) is 46.1 Å². The van der Waals surface area contributed by atoms with Crippen LogP contribution in [0, 0.1) is 0 Å². The van der Waals surface area contributed by atoms with Crippen LogP contribution < -0.4 is 5.73 Å². The number of nitrogen functional groups attached to an aromatic ring is 1. The van der Waals surface area contributed by atoms with Gasteiger partial charge in [0.1, 0.15) is 5.69 Å². The number of hydrogen-bond donors (Lipinski definition) is 2. The Balaban J connectivity index is 2.71. The molecule has 5 nitrogen and oxygen atoms in total. The Hall–Kier alpha value is -1.49. The van der Waals surface area contributed by atoms with Gasteiger partial charge in [-0.1, -0.05) is 26.2 Å². The molecule has 0 aliphatic rings. The number of amides is 1. The molecule has 0 saturated carbocycles. The number of nitrogens with two attached hydrogens (primary N) is 1. The lowest BCUT2D eigenvalue weighted by molar-refractivity contribution is 0.0708. The Morgan fingerprint density at radius 3 is 2.65 bits per heavy atom. The molecular formula is C15H27N3O2. The van der Waals surface area contributed by atoms with Gasteiger partial charge in [0.15, 0.2) is 0 Å². The first kappa shape index (κ1) is 16.6. The number of rotatable bonds is 9. The zero-order valence-corrected chi connectivity index (χ0v) is 12.6. The number of aliphatic hydroxyl groups excluding tert-OH is 1. The van der Waals surface area contributed by atoms with Crippen molar-refractivity contribution in [3.8, 4) is 0 Å². The van der Waals surface area contributed by atoms with Gasteiger partial charge < -0.3 is 20.3 Å². The lowest BCUT2D eigenvalue weighted by atomic mass is 10.2. The lowest BCUT2D eigenvalue weighted by Crippen LogP contribution is -2.35. The fourth-order valence-corrected chi connectivity index (χ4v) is 2.30. The highest BCUT2D eigenvalue weighted by atomic mass is 16.3. The van der Waals surface area contributed by atoms with Gasteiger partial charge in [-0.25, -0.2) is 0 Å². The van der Waals surface area contributed by atoms with Crippen molar-refractivity contribution in [1.82, 2.24) is 9.47 Å². The summed E-state index contributed by atoms with van der Waals surface area (Å²) in [6.07, 6.45) is 6.22. The zero-order valence-electron chi connectivity index (χ0n) is 12.6. The second-order valence-corrected chi connectivity index (χ2v) is 5.02. The minimum absolute atomic E-state index is 0.0121. The molecule has 0 aliphatic heterocycles. The molecule has 0 aliphatic carbocycles. The highest BCUT2D eigenvalue weighted by Crippen LogP contribution is 2.14. The van der Waals surface area contributed by atoms with E-state index in [0.717, 1.165) is 12.8 Å². The molecule has 0 atom stereocenters. The fraction of sp³-hybridized carbons (Fsp3) is 0.667. The first-order valence-electron chi connectivity index (χ1n) is 7.49. The summed E-state index contributed by atoms with van der Waals surface area (Å²) >= 11 is 0. The Kier molecular flexibility index (Phi) is 7.15. The monoisotopic (exact) mass is 281 g/mol. The summed E-state index contributed by atoms with van der Waals surface area (Å²) in [4.78, 5) is 14.2. The van der Waals surface area contributed by atoms with Gasteiger partial charge in [-0.15, -0.1) is 0 Å². The van der Waals surface area contributed by atoms with E-state index in [2.05, 4.69) is 6.92 Å². The SMILES string of the molecule is CCCCCCN(CCO)C(=O)c1cc(N)cn1CC. The normalized spacial score (nSPS) is 10.8. The Morgan fingerprint density at radius 1 is 1.30 bits per heavy atom. The Labute approximate surface area is 121 Å². The molecule has 1 aromatic heterocycles. The molecule has 1 rings (SSSR count). The summed E-state index contributed by atoms with van der Waals surface area (Å²) < 4.78 is 1.86. The number of unbranched alkanes of at least 4 members (excludes halogenated alkanes) is 3. The number of anilines is 1. The van der Waals surface area contributed by atoms with Crippen molar-refractivity contribution in [1.29, 1.82) is 0 Å². The first-order valence-corrected chi connectivity index (χ1v) is 7.49. The molecule has 0 bridgehead atoms. The van der Waals surface area contributed by atoms with Crippen molar-refractivity contribution in [2.24, 2.45) is 0 Å². The number of carbonyl (C=O) groups excluding carboxylic acids is 1. The van der Waals surface area contributed by atoms with Crippen LogP contribution in [0.5, 0.6) is 0 Å². The molecule has 1 heterocycles. The third-order valence-electron chi connectivity index (χ3n) is 3.42. The molecule has 20 heavy (non-hydrogen) atoms. The van der Waals surface area contributed by atoms with E-state index in [-0.39, 0.29) is 12.5 Å². The molecule has 0 fully saturated rings. The highest BCUT2D eigenvalue weighted by Gasteiger charge is 2.18. The molecule has 114 valence electrons. The molecule has 5 heteroatoms. The predicted octanol–water partition coefficient (Wildman–Crippen LogP) is 2.10. The van der Waals surface area contributed by atoms with Crippen molar-refractivity contribution < 1.29 is 9.90 Å². The highest BCUT2D eigenvalue weighted by molar-refractivity contribution is 5.93. The average molecular weight is 281 g/mol. The number of carbonyl (C=O) groups is 1. The van der Waals surface area contributed by atoms with Crippen molar-refractivity contribution in [3.63, 3.8) is 0 Å². The van der Waals surface area contributed by atoms with Crippen molar-refractivity contribution >= 4 is 11.6 Å². The first-order chi connectivity index (χ1) is 9.63. The van der Waals surface area contributed by atoms with Gasteiger partial charge in [0.25, 0.3) is 5.91 Å². The Bertz CT molecular complexity index is 415. The second-order valence-electron chi connectivity index (χ2n) is 5.02. The van der Waals surface area contributed by atoms with Crippen molar-refractivity contribution in [3.05, 3.63) is 18.0 Å². The average Bonchev–Trinajstić information content (AvgIpc) is 2.82. The van der Waals surface area contributed by atoms with E-state index in [1.165, 1.54) is 12.8 Å². The minimum Gasteiger partial charge on any atom is -0.397 e. The van der Waals surface area contributed by atoms with E-state index in [1.807, 2.05) is 11.5 Å². The predicted molar refractivity (Wildman–Crippen MR) is 81.6 cm³/mol. The summed E-state index contributed by atoms with van der Waals surface area (Å²) in [5, 5.41) is 9.14. The van der Waals surface area contributed by atoms with Gasteiger partial charge in [0.05, 0.1) is 12.3 Å². The quantitative estimate of drug-likeness (QED) is 0.681. The molecule has 0 radical (unpaired) electrons. The van der Waals surface area contributed by atoms with Crippen LogP contribution in [0.2, 0.25) is 0 Å². The summed E-state index contributed by atoms with van der Waals surface area (Å²) in [6, 6.07) is 1.71. The van der Waals surface area contributed by atoms with Crippen molar-refractivity contribution in [2.75, 3.05) is 25.4 Å². The maximum Gasteiger partial charge on any atom is 0.270 e. The number of nitrogens with zero attached hydrogens (tertiary/aromatic N) is 2. The van der Waals surface area contributed by atoms with Crippen LogP contribution in [0.3, 0.4) is 0 Å². The van der Waals surface area contributed by atoms with Crippen LogP contribution in [-0.4, -0.2) is 40.2 Å². The van der Waals surface area contributed by atoms with E-state index < -0.39 is 0 Å². The van der Waals surface area contributed by atoms with Gasteiger partial charge in [-0.05, 0) is 19.4 Å². The minimum atomic E-state index is -0.0471. The molecule has 1 aromatic rings. The summed E-state index contributed by atoms with van der Waals surface area (Å²) in [6.45, 7) is 5.90. The van der Waals surface area contributed by atoms with Gasteiger partial charge in [-0.3, -0.25) is 4.79 Å². The standard InChI is InChI=1S/C15H27N3O2/c1-3-5-6-7-8-18(9-10-19)15(20)14-11-13(16)12-17(14)4-2/h11-12,19H,3-10,16H2,1-2H3. The van der Waals surface area contributed by atoms with Crippen LogP contribution in [0.25, 0.3) is 0 Å². The maximum absolute atomic E-state index is 12.5. The number of aromatic nitrogens is 1. The smallest absolute Gasteiger partial charge is 0.270 e. The summed E-state index contributed by atoms with van der Waals surface area (Å²) in [5.41, 5.74) is 6.97. The maximum atomic E-state index is 12.5. The van der Waals surface area contributed by atoms with E-state index in [9.17, 15) is 4.79 Å². The third-order valence-corrected chi connectivity index (χ3v) is 3.42. The van der Waals surface area contributed by atoms with Crippen LogP contribution >= 0.6 is 0 Å². The van der Waals surface area contributed by atoms with Gasteiger partial charge in [-0.2, -0.15) is 0 Å². The molecule has 0 unspecified atom stereocenters. The lowest BCUT2D eigenvalue weighted by Gasteiger charge is -2.22. The van der Waals surface area contributed by atoms with Crippen LogP contribution in [0.1, 0.15) is 50.0 Å². The van der Waals surface area contributed by atoms with Gasteiger partial charge >= 0.3 is 0 Å². The van der Waals surface area contributed by atoms with Crippen LogP contribution in [0.15, 0.2) is 12.3 Å².